The molecule has 3 aromatic rings. The first-order chi connectivity index (χ1) is 15.8. The highest BCUT2D eigenvalue weighted by Crippen LogP contribution is 2.32. The molecule has 1 aliphatic rings. The number of aromatic nitrogens is 1. The van der Waals surface area contributed by atoms with E-state index in [1.807, 2.05) is 5.38 Å². The Labute approximate surface area is 196 Å². The van der Waals surface area contributed by atoms with Gasteiger partial charge in [0.05, 0.1) is 16.5 Å². The third kappa shape index (κ3) is 6.04. The van der Waals surface area contributed by atoms with Gasteiger partial charge in [0.2, 0.25) is 5.91 Å². The number of ether oxygens (including phenoxy) is 1. The van der Waals surface area contributed by atoms with Gasteiger partial charge in [-0.1, -0.05) is 12.1 Å². The van der Waals surface area contributed by atoms with Gasteiger partial charge in [-0.2, -0.15) is 0 Å². The lowest BCUT2D eigenvalue weighted by molar-refractivity contribution is -0.118. The van der Waals surface area contributed by atoms with Crippen LogP contribution in [0.3, 0.4) is 0 Å². The Morgan fingerprint density at radius 2 is 1.82 bits per heavy atom. The number of sulfone groups is 1. The van der Waals surface area contributed by atoms with Crippen LogP contribution in [0.2, 0.25) is 0 Å². The average Bonchev–Trinajstić information content (AvgIpc) is 3.26. The van der Waals surface area contributed by atoms with Crippen molar-refractivity contribution in [2.45, 2.75) is 30.1 Å². The van der Waals surface area contributed by atoms with Crippen LogP contribution in [0.5, 0.6) is 0 Å². The monoisotopic (exact) mass is 488 g/mol. The fourth-order valence-corrected chi connectivity index (χ4v) is 5.29. The lowest BCUT2D eigenvalue weighted by Crippen LogP contribution is -2.26. The van der Waals surface area contributed by atoms with Crippen LogP contribution in [-0.2, 0) is 19.4 Å². The van der Waals surface area contributed by atoms with E-state index in [1.54, 1.807) is 36.4 Å². The van der Waals surface area contributed by atoms with Gasteiger partial charge >= 0.3 is 0 Å². The fourth-order valence-electron chi connectivity index (χ4n) is 3.93. The van der Waals surface area contributed by atoms with Crippen molar-refractivity contribution in [2.75, 3.05) is 24.8 Å². The van der Waals surface area contributed by atoms with Gasteiger partial charge < -0.3 is 10.1 Å². The van der Waals surface area contributed by atoms with Crippen molar-refractivity contribution in [3.05, 3.63) is 65.3 Å². The minimum atomic E-state index is -3.32. The number of hydrogen-bond acceptors (Lipinski definition) is 6. The molecule has 0 aliphatic carbocycles. The zero-order chi connectivity index (χ0) is 23.4. The quantitative estimate of drug-likeness (QED) is 0.512. The third-order valence-electron chi connectivity index (χ3n) is 5.81. The molecule has 2 aromatic carbocycles. The summed E-state index contributed by atoms with van der Waals surface area (Å²) >= 11 is 1.31. The summed E-state index contributed by atoms with van der Waals surface area (Å²) in [6, 6.07) is 12.6. The highest BCUT2D eigenvalue weighted by molar-refractivity contribution is 7.90. The molecule has 1 N–H and O–H groups in total. The largest absolute Gasteiger partial charge is 0.381 e. The van der Waals surface area contributed by atoms with E-state index in [9.17, 15) is 17.6 Å². The molecular formula is C24H25FN2O4S2. The molecule has 1 fully saturated rings. The predicted molar refractivity (Wildman–Crippen MR) is 127 cm³/mol. The van der Waals surface area contributed by atoms with Crippen LogP contribution in [-0.4, -0.2) is 38.8 Å². The molecule has 0 saturated carbocycles. The molecule has 0 radical (unpaired) electrons. The summed E-state index contributed by atoms with van der Waals surface area (Å²) in [5.74, 6) is -0.607. The van der Waals surface area contributed by atoms with E-state index in [2.05, 4.69) is 10.3 Å². The average molecular weight is 489 g/mol. The van der Waals surface area contributed by atoms with Gasteiger partial charge in [0.15, 0.2) is 15.0 Å². The van der Waals surface area contributed by atoms with Gasteiger partial charge in [0.25, 0.3) is 0 Å². The Morgan fingerprint density at radius 1 is 1.15 bits per heavy atom. The molecule has 0 bridgehead atoms. The fraction of sp³-hybridized carbons (Fsp3) is 0.333. The van der Waals surface area contributed by atoms with Gasteiger partial charge in [-0.3, -0.25) is 4.79 Å². The summed E-state index contributed by atoms with van der Waals surface area (Å²) < 4.78 is 42.3. The summed E-state index contributed by atoms with van der Waals surface area (Å²) in [7, 11) is -3.32. The second-order valence-corrected chi connectivity index (χ2v) is 11.1. The van der Waals surface area contributed by atoms with Crippen molar-refractivity contribution in [3.63, 3.8) is 0 Å². The number of thiazole rings is 1. The van der Waals surface area contributed by atoms with Gasteiger partial charge in [0.1, 0.15) is 5.82 Å². The molecule has 174 valence electrons. The number of nitrogens with zero attached hydrogens (tertiary/aromatic N) is 1. The van der Waals surface area contributed by atoms with Crippen molar-refractivity contribution in [3.8, 4) is 11.3 Å². The number of anilines is 1. The Kier molecular flexibility index (Phi) is 7.21. The molecular weight excluding hydrogens is 463 g/mol. The number of benzene rings is 2. The number of carbonyl (C=O) groups excluding carboxylic acids is 1. The molecule has 1 atom stereocenters. The molecule has 1 aliphatic heterocycles. The van der Waals surface area contributed by atoms with E-state index in [1.165, 1.54) is 23.5 Å². The molecule has 1 aromatic heterocycles. The summed E-state index contributed by atoms with van der Waals surface area (Å²) in [6.07, 6.45) is 3.58. The Morgan fingerprint density at radius 3 is 2.45 bits per heavy atom. The first-order valence-corrected chi connectivity index (χ1v) is 13.5. The molecule has 4 rings (SSSR count). The molecule has 1 unspecified atom stereocenters. The van der Waals surface area contributed by atoms with Crippen LogP contribution in [0.15, 0.2) is 58.8 Å². The van der Waals surface area contributed by atoms with Crippen molar-refractivity contribution in [1.82, 2.24) is 4.98 Å². The molecule has 0 spiro atoms. The van der Waals surface area contributed by atoms with Crippen molar-refractivity contribution >= 4 is 32.2 Å². The number of amides is 1. The predicted octanol–water partition coefficient (Wildman–Crippen LogP) is 4.89. The van der Waals surface area contributed by atoms with E-state index < -0.39 is 15.8 Å². The van der Waals surface area contributed by atoms with Gasteiger partial charge in [-0.25, -0.2) is 17.8 Å². The topological polar surface area (TPSA) is 85.4 Å². The summed E-state index contributed by atoms with van der Waals surface area (Å²) in [5.41, 5.74) is 2.19. The van der Waals surface area contributed by atoms with Gasteiger partial charge in [-0.15, -0.1) is 11.3 Å². The Bertz CT molecular complexity index is 1200. The molecule has 9 heteroatoms. The number of carbonyl (C=O) groups is 1. The lowest BCUT2D eigenvalue weighted by Gasteiger charge is -2.26. The molecule has 6 nitrogen and oxygen atoms in total. The minimum Gasteiger partial charge on any atom is -0.381 e. The molecule has 1 amide bonds. The standard InChI is InChI=1S/C24H25FN2O4S2/c1-33(29,30)20-8-4-17(5-9-20)21(14-16-10-12-31-13-11-16)23(28)27-24-26-22(15-32-24)18-2-6-19(25)7-3-18/h2-9,15-16,21H,10-14H2,1H3,(H,26,27,28). The van der Waals surface area contributed by atoms with Crippen LogP contribution >= 0.6 is 11.3 Å². The normalized spacial score (nSPS) is 15.8. The van der Waals surface area contributed by atoms with Crippen LogP contribution in [0.4, 0.5) is 9.52 Å². The van der Waals surface area contributed by atoms with Crippen molar-refractivity contribution in [1.29, 1.82) is 0 Å². The van der Waals surface area contributed by atoms with E-state index >= 15 is 0 Å². The van der Waals surface area contributed by atoms with E-state index in [0.717, 1.165) is 30.2 Å². The second kappa shape index (κ2) is 10.1. The minimum absolute atomic E-state index is 0.186. The Balaban J connectivity index is 1.54. The smallest absolute Gasteiger partial charge is 0.233 e. The highest BCUT2D eigenvalue weighted by Gasteiger charge is 2.27. The number of hydrogen-bond donors (Lipinski definition) is 1. The zero-order valence-electron chi connectivity index (χ0n) is 18.2. The van der Waals surface area contributed by atoms with Gasteiger partial charge in [-0.05, 0) is 67.1 Å². The van der Waals surface area contributed by atoms with Crippen molar-refractivity contribution in [2.24, 2.45) is 5.92 Å². The summed E-state index contributed by atoms with van der Waals surface area (Å²) in [6.45, 7) is 1.36. The van der Waals surface area contributed by atoms with E-state index in [4.69, 9.17) is 4.74 Å². The van der Waals surface area contributed by atoms with E-state index in [-0.39, 0.29) is 16.6 Å². The van der Waals surface area contributed by atoms with Crippen LogP contribution < -0.4 is 5.32 Å². The third-order valence-corrected chi connectivity index (χ3v) is 7.70. The molecule has 33 heavy (non-hydrogen) atoms. The first-order valence-electron chi connectivity index (χ1n) is 10.7. The molecule has 1 saturated heterocycles. The van der Waals surface area contributed by atoms with Crippen LogP contribution in [0, 0.1) is 11.7 Å². The maximum absolute atomic E-state index is 13.3. The number of rotatable bonds is 7. The molecule has 2 heterocycles. The van der Waals surface area contributed by atoms with Crippen LogP contribution in [0.25, 0.3) is 11.3 Å². The summed E-state index contributed by atoms with van der Waals surface area (Å²) in [5, 5.41) is 5.20. The highest BCUT2D eigenvalue weighted by atomic mass is 32.2. The first kappa shape index (κ1) is 23.5. The Hall–Kier alpha value is -2.62. The second-order valence-electron chi connectivity index (χ2n) is 8.22. The lowest BCUT2D eigenvalue weighted by atomic mass is 9.84. The summed E-state index contributed by atoms with van der Waals surface area (Å²) in [4.78, 5) is 18.0. The SMILES string of the molecule is CS(=O)(=O)c1ccc(C(CC2CCOCC2)C(=O)Nc2nc(-c3ccc(F)cc3)cs2)cc1. The van der Waals surface area contributed by atoms with Gasteiger partial charge in [0, 0.05) is 30.4 Å². The van der Waals surface area contributed by atoms with Crippen molar-refractivity contribution < 1.29 is 22.3 Å². The number of nitrogens with one attached hydrogen (secondary N) is 1. The maximum atomic E-state index is 13.3. The maximum Gasteiger partial charge on any atom is 0.233 e. The number of halogens is 1. The zero-order valence-corrected chi connectivity index (χ0v) is 19.8. The van der Waals surface area contributed by atoms with E-state index in [0.29, 0.717) is 36.4 Å². The van der Waals surface area contributed by atoms with Crippen LogP contribution in [0.1, 0.15) is 30.7 Å².